The van der Waals surface area contributed by atoms with Gasteiger partial charge in [-0.3, -0.25) is 18.9 Å². The zero-order valence-electron chi connectivity index (χ0n) is 15.1. The van der Waals surface area contributed by atoms with Crippen LogP contribution < -0.4 is 10.9 Å². The van der Waals surface area contributed by atoms with E-state index in [2.05, 4.69) is 10.3 Å². The Morgan fingerprint density at radius 3 is 2.86 bits per heavy atom. The molecule has 0 aliphatic carbocycles. The number of fused-ring (bicyclic) bond motifs is 1. The van der Waals surface area contributed by atoms with Crippen LogP contribution in [0.15, 0.2) is 50.8 Å². The van der Waals surface area contributed by atoms with E-state index >= 15 is 0 Å². The van der Waals surface area contributed by atoms with Crippen molar-refractivity contribution >= 4 is 51.7 Å². The monoisotopic (exact) mass is 412 g/mol. The summed E-state index contributed by atoms with van der Waals surface area (Å²) in [6, 6.07) is 7.22. The summed E-state index contributed by atoms with van der Waals surface area (Å²) in [5, 5.41) is 2.95. The molecule has 1 saturated heterocycles. The van der Waals surface area contributed by atoms with Crippen molar-refractivity contribution in [2.75, 3.05) is 12.4 Å². The minimum absolute atomic E-state index is 0.252. The van der Waals surface area contributed by atoms with Crippen molar-refractivity contribution in [2.45, 2.75) is 13.5 Å². The smallest absolute Gasteiger partial charge is 0.267 e. The zero-order valence-corrected chi connectivity index (χ0v) is 16.8. The fraction of sp³-hybridized carbons (Fsp3) is 0.158. The Morgan fingerprint density at radius 1 is 1.32 bits per heavy atom. The standard InChI is InChI=1S/C19H16N4O3S2/c1-11-5-3-7-22-16(11)21-15(20-2)13(17(22)24)9-14-18(25)23(19(27)28-14)10-12-6-4-8-26-12/h3-9,20H,10H2,1-2H3/b14-9+. The maximum absolute atomic E-state index is 13.0. The van der Waals surface area contributed by atoms with Gasteiger partial charge in [-0.2, -0.15) is 0 Å². The number of thiocarbonyl (C=S) groups is 1. The number of rotatable bonds is 4. The summed E-state index contributed by atoms with van der Waals surface area (Å²) in [5.41, 5.74) is 1.50. The lowest BCUT2D eigenvalue weighted by atomic mass is 10.2. The molecule has 0 atom stereocenters. The Morgan fingerprint density at radius 2 is 2.14 bits per heavy atom. The minimum Gasteiger partial charge on any atom is -0.467 e. The summed E-state index contributed by atoms with van der Waals surface area (Å²) in [4.78, 5) is 32.2. The molecule has 7 nitrogen and oxygen atoms in total. The lowest BCUT2D eigenvalue weighted by Gasteiger charge is -2.12. The molecule has 1 fully saturated rings. The Bertz CT molecular complexity index is 1180. The molecule has 0 aromatic carbocycles. The van der Waals surface area contributed by atoms with E-state index < -0.39 is 0 Å². The largest absolute Gasteiger partial charge is 0.467 e. The number of furan rings is 1. The summed E-state index contributed by atoms with van der Waals surface area (Å²) in [7, 11) is 1.69. The summed E-state index contributed by atoms with van der Waals surface area (Å²) in [6.07, 6.45) is 4.76. The third-order valence-electron chi connectivity index (χ3n) is 4.36. The first-order chi connectivity index (χ1) is 13.5. The average Bonchev–Trinajstić information content (AvgIpc) is 3.28. The topological polar surface area (TPSA) is 79.9 Å². The summed E-state index contributed by atoms with van der Waals surface area (Å²) in [6.45, 7) is 2.14. The highest BCUT2D eigenvalue weighted by Gasteiger charge is 2.33. The van der Waals surface area contributed by atoms with E-state index in [0.717, 1.165) is 17.3 Å². The van der Waals surface area contributed by atoms with Crippen molar-refractivity contribution in [1.29, 1.82) is 0 Å². The van der Waals surface area contributed by atoms with Crippen molar-refractivity contribution < 1.29 is 9.21 Å². The predicted octanol–water partition coefficient (Wildman–Crippen LogP) is 3.04. The van der Waals surface area contributed by atoms with Crippen LogP contribution >= 0.6 is 24.0 Å². The Hall–Kier alpha value is -2.91. The van der Waals surface area contributed by atoms with Crippen molar-refractivity contribution in [2.24, 2.45) is 0 Å². The van der Waals surface area contributed by atoms with Crippen molar-refractivity contribution in [3.63, 3.8) is 0 Å². The second kappa shape index (κ2) is 7.25. The Labute approximate surface area is 170 Å². The fourth-order valence-electron chi connectivity index (χ4n) is 2.96. The number of aryl methyl sites for hydroxylation is 1. The quantitative estimate of drug-likeness (QED) is 0.521. The van der Waals surface area contributed by atoms with Gasteiger partial charge in [0.25, 0.3) is 11.5 Å². The Balaban J connectivity index is 1.77. The molecule has 0 radical (unpaired) electrons. The van der Waals surface area contributed by atoms with E-state index in [0.29, 0.717) is 32.0 Å². The molecule has 142 valence electrons. The number of nitrogens with zero attached hydrogens (tertiary/aromatic N) is 3. The van der Waals surface area contributed by atoms with Gasteiger partial charge in [0, 0.05) is 13.2 Å². The van der Waals surface area contributed by atoms with E-state index in [4.69, 9.17) is 16.6 Å². The zero-order chi connectivity index (χ0) is 19.8. The normalized spacial score (nSPS) is 15.8. The molecular formula is C19H16N4O3S2. The average molecular weight is 412 g/mol. The second-order valence-corrected chi connectivity index (χ2v) is 7.84. The summed E-state index contributed by atoms with van der Waals surface area (Å²) < 4.78 is 7.20. The number of amides is 1. The SMILES string of the molecule is CNc1nc2c(C)cccn2c(=O)c1/C=C1/SC(=S)N(Cc2ccco2)C1=O. The number of anilines is 1. The van der Waals surface area contributed by atoms with Gasteiger partial charge in [0.2, 0.25) is 0 Å². The van der Waals surface area contributed by atoms with Crippen molar-refractivity contribution in [1.82, 2.24) is 14.3 Å². The molecule has 28 heavy (non-hydrogen) atoms. The lowest BCUT2D eigenvalue weighted by molar-refractivity contribution is -0.122. The van der Waals surface area contributed by atoms with E-state index in [1.165, 1.54) is 9.30 Å². The van der Waals surface area contributed by atoms with Crippen LogP contribution in [0.25, 0.3) is 11.7 Å². The van der Waals surface area contributed by atoms with Crippen LogP contribution in [0.3, 0.4) is 0 Å². The molecule has 0 unspecified atom stereocenters. The molecule has 1 aliphatic heterocycles. The van der Waals surface area contributed by atoms with E-state index in [-0.39, 0.29) is 18.0 Å². The number of hydrogen-bond acceptors (Lipinski definition) is 7. The summed E-state index contributed by atoms with van der Waals surface area (Å²) in [5.74, 6) is 0.786. The molecule has 1 N–H and O–H groups in total. The number of aromatic nitrogens is 2. The second-order valence-electron chi connectivity index (χ2n) is 6.16. The number of carbonyl (C=O) groups excluding carboxylic acids is 1. The van der Waals surface area contributed by atoms with E-state index in [9.17, 15) is 9.59 Å². The van der Waals surface area contributed by atoms with E-state index in [1.54, 1.807) is 43.8 Å². The highest BCUT2D eigenvalue weighted by molar-refractivity contribution is 8.26. The number of carbonyl (C=O) groups is 1. The third-order valence-corrected chi connectivity index (χ3v) is 5.74. The third kappa shape index (κ3) is 3.12. The predicted molar refractivity (Wildman–Crippen MR) is 113 cm³/mol. The first-order valence-corrected chi connectivity index (χ1v) is 9.69. The molecule has 3 aromatic heterocycles. The number of hydrogen-bond donors (Lipinski definition) is 1. The molecule has 0 bridgehead atoms. The minimum atomic E-state index is -0.262. The van der Waals surface area contributed by atoms with E-state index in [1.807, 2.05) is 13.0 Å². The van der Waals surface area contributed by atoms with Gasteiger partial charge in [-0.15, -0.1) is 0 Å². The Kier molecular flexibility index (Phi) is 4.78. The van der Waals surface area contributed by atoms with Gasteiger partial charge in [0.05, 0.1) is 23.3 Å². The van der Waals surface area contributed by atoms with Gasteiger partial charge in [-0.1, -0.05) is 30.0 Å². The van der Waals surface area contributed by atoms with Crippen LogP contribution in [0.2, 0.25) is 0 Å². The first kappa shape index (κ1) is 18.5. The summed E-state index contributed by atoms with van der Waals surface area (Å²) >= 11 is 6.50. The van der Waals surface area contributed by atoms with Crippen LogP contribution in [-0.2, 0) is 11.3 Å². The first-order valence-electron chi connectivity index (χ1n) is 8.47. The molecule has 1 amide bonds. The van der Waals surface area contributed by atoms with Gasteiger partial charge >= 0.3 is 0 Å². The number of thioether (sulfide) groups is 1. The molecule has 0 saturated carbocycles. The lowest BCUT2D eigenvalue weighted by Crippen LogP contribution is -2.27. The molecule has 4 rings (SSSR count). The van der Waals surface area contributed by atoms with Crippen LogP contribution in [0.1, 0.15) is 16.9 Å². The van der Waals surface area contributed by atoms with Crippen molar-refractivity contribution in [3.8, 4) is 0 Å². The van der Waals surface area contributed by atoms with Crippen LogP contribution in [0.4, 0.5) is 5.82 Å². The van der Waals surface area contributed by atoms with Gasteiger partial charge in [0.1, 0.15) is 21.5 Å². The highest BCUT2D eigenvalue weighted by Crippen LogP contribution is 2.34. The van der Waals surface area contributed by atoms with Gasteiger partial charge in [-0.05, 0) is 36.8 Å². The van der Waals surface area contributed by atoms with Gasteiger partial charge in [-0.25, -0.2) is 4.98 Å². The highest BCUT2D eigenvalue weighted by atomic mass is 32.2. The van der Waals surface area contributed by atoms with Crippen molar-refractivity contribution in [3.05, 3.63) is 68.9 Å². The molecule has 1 aliphatic rings. The van der Waals surface area contributed by atoms with Gasteiger partial charge in [0.15, 0.2) is 0 Å². The molecule has 3 aromatic rings. The van der Waals surface area contributed by atoms with Crippen LogP contribution in [0.5, 0.6) is 0 Å². The number of nitrogens with one attached hydrogen (secondary N) is 1. The molecule has 4 heterocycles. The molecule has 0 spiro atoms. The van der Waals surface area contributed by atoms with Crippen LogP contribution in [-0.4, -0.2) is 31.6 Å². The fourth-order valence-corrected chi connectivity index (χ4v) is 4.19. The maximum Gasteiger partial charge on any atom is 0.267 e. The van der Waals surface area contributed by atoms with Gasteiger partial charge < -0.3 is 9.73 Å². The molecular weight excluding hydrogens is 396 g/mol. The maximum atomic E-state index is 13.0. The molecule has 9 heteroatoms. The number of pyridine rings is 1. The van der Waals surface area contributed by atoms with Crippen LogP contribution in [0, 0.1) is 6.92 Å².